The molecule has 0 aliphatic rings. The third-order valence-corrected chi connectivity index (χ3v) is 6.08. The smallest absolute Gasteiger partial charge is 0.239 e. The molecular weight excluding hydrogens is 384 g/mol. The monoisotopic (exact) mass is 414 g/mol. The molecule has 2 heterocycles. The molecule has 2 aromatic heterocycles. The van der Waals surface area contributed by atoms with Crippen LogP contribution in [0, 0.1) is 0 Å². The van der Waals surface area contributed by atoms with Crippen LogP contribution in [0.2, 0.25) is 0 Å². The molecule has 0 radical (unpaired) electrons. The Bertz CT molecular complexity index is 900. The lowest BCUT2D eigenvalue weighted by molar-refractivity contribution is 0.374. The minimum atomic E-state index is 0.0127. The standard InChI is InChI=1S/C21H30N6OS/c1-6-9-10-18-22-20(28-25-18)15(4)29-21-24-23-19(26(21)5)16-11-13-17(14-12-16)27(7-2)8-3/h11-15H,6-10H2,1-5H3. The first-order valence-electron chi connectivity index (χ1n) is 10.3. The highest BCUT2D eigenvalue weighted by Crippen LogP contribution is 2.34. The van der Waals surface area contributed by atoms with Gasteiger partial charge in [-0.1, -0.05) is 30.3 Å². The molecule has 0 amide bonds. The zero-order valence-corrected chi connectivity index (χ0v) is 18.7. The van der Waals surface area contributed by atoms with E-state index in [9.17, 15) is 0 Å². The van der Waals surface area contributed by atoms with Crippen molar-refractivity contribution in [1.82, 2.24) is 24.9 Å². The molecule has 0 fully saturated rings. The summed E-state index contributed by atoms with van der Waals surface area (Å²) in [6.45, 7) is 10.5. The topological polar surface area (TPSA) is 72.9 Å². The maximum Gasteiger partial charge on any atom is 0.239 e. The first kappa shape index (κ1) is 21.4. The van der Waals surface area contributed by atoms with Gasteiger partial charge in [-0.3, -0.25) is 0 Å². The first-order chi connectivity index (χ1) is 14.1. The van der Waals surface area contributed by atoms with Crippen molar-refractivity contribution in [2.75, 3.05) is 18.0 Å². The molecule has 0 bridgehead atoms. The summed E-state index contributed by atoms with van der Waals surface area (Å²) in [5, 5.41) is 13.7. The summed E-state index contributed by atoms with van der Waals surface area (Å²) in [4.78, 5) is 6.84. The van der Waals surface area contributed by atoms with Crippen LogP contribution >= 0.6 is 11.8 Å². The van der Waals surface area contributed by atoms with Gasteiger partial charge in [0.2, 0.25) is 5.89 Å². The van der Waals surface area contributed by atoms with Gasteiger partial charge in [0, 0.05) is 37.8 Å². The van der Waals surface area contributed by atoms with E-state index in [-0.39, 0.29) is 5.25 Å². The lowest BCUT2D eigenvalue weighted by atomic mass is 10.2. The van der Waals surface area contributed by atoms with E-state index < -0.39 is 0 Å². The number of aryl methyl sites for hydroxylation is 1. The molecule has 1 unspecified atom stereocenters. The van der Waals surface area contributed by atoms with E-state index in [1.807, 2.05) is 11.6 Å². The highest BCUT2D eigenvalue weighted by molar-refractivity contribution is 7.99. The molecule has 8 heteroatoms. The molecule has 0 N–H and O–H groups in total. The summed E-state index contributed by atoms with van der Waals surface area (Å²) in [5.74, 6) is 2.26. The number of benzene rings is 1. The van der Waals surface area contributed by atoms with E-state index in [0.717, 1.165) is 54.7 Å². The Morgan fingerprint density at radius 3 is 2.48 bits per heavy atom. The molecule has 3 rings (SSSR count). The summed E-state index contributed by atoms with van der Waals surface area (Å²) in [5.41, 5.74) is 2.27. The van der Waals surface area contributed by atoms with Crippen molar-refractivity contribution in [2.24, 2.45) is 7.05 Å². The third-order valence-electron chi connectivity index (χ3n) is 4.96. The molecule has 29 heavy (non-hydrogen) atoms. The van der Waals surface area contributed by atoms with Gasteiger partial charge in [-0.15, -0.1) is 10.2 Å². The van der Waals surface area contributed by atoms with Gasteiger partial charge in [-0.2, -0.15) is 4.98 Å². The highest BCUT2D eigenvalue weighted by atomic mass is 32.2. The maximum absolute atomic E-state index is 5.44. The van der Waals surface area contributed by atoms with Crippen LogP contribution in [-0.4, -0.2) is 38.0 Å². The fraction of sp³-hybridized carbons (Fsp3) is 0.524. The Balaban J connectivity index is 1.71. The fourth-order valence-corrected chi connectivity index (χ4v) is 4.00. The van der Waals surface area contributed by atoms with Crippen LogP contribution in [0.15, 0.2) is 33.9 Å². The Labute approximate surface area is 176 Å². The quantitative estimate of drug-likeness (QED) is 0.437. The van der Waals surface area contributed by atoms with Gasteiger partial charge in [0.25, 0.3) is 0 Å². The van der Waals surface area contributed by atoms with Crippen LogP contribution in [-0.2, 0) is 13.5 Å². The molecule has 1 atom stereocenters. The SMILES string of the molecule is CCCCc1noc(C(C)Sc2nnc(-c3ccc(N(CC)CC)cc3)n2C)n1. The first-order valence-corrected chi connectivity index (χ1v) is 11.2. The number of rotatable bonds is 10. The molecule has 156 valence electrons. The fourth-order valence-electron chi connectivity index (χ4n) is 3.16. The zero-order valence-electron chi connectivity index (χ0n) is 17.9. The Kier molecular flexibility index (Phi) is 7.30. The second-order valence-electron chi connectivity index (χ2n) is 7.00. The third kappa shape index (κ3) is 4.98. The van der Waals surface area contributed by atoms with Crippen LogP contribution in [0.4, 0.5) is 5.69 Å². The summed E-state index contributed by atoms with van der Waals surface area (Å²) in [6.07, 6.45) is 3.04. The number of thioether (sulfide) groups is 1. The Hall–Kier alpha value is -2.35. The number of hydrogen-bond donors (Lipinski definition) is 0. The van der Waals surface area contributed by atoms with Gasteiger partial charge in [-0.05, 0) is 51.5 Å². The van der Waals surface area contributed by atoms with E-state index >= 15 is 0 Å². The van der Waals surface area contributed by atoms with Gasteiger partial charge >= 0.3 is 0 Å². The van der Waals surface area contributed by atoms with Crippen LogP contribution in [0.5, 0.6) is 0 Å². The molecule has 7 nitrogen and oxygen atoms in total. The van der Waals surface area contributed by atoms with Gasteiger partial charge < -0.3 is 14.0 Å². The van der Waals surface area contributed by atoms with Crippen molar-refractivity contribution in [1.29, 1.82) is 0 Å². The zero-order chi connectivity index (χ0) is 20.8. The molecule has 0 saturated carbocycles. The summed E-state index contributed by atoms with van der Waals surface area (Å²) >= 11 is 1.58. The van der Waals surface area contributed by atoms with Gasteiger partial charge in [-0.25, -0.2) is 0 Å². The van der Waals surface area contributed by atoms with E-state index in [1.165, 1.54) is 5.69 Å². The van der Waals surface area contributed by atoms with Crippen molar-refractivity contribution in [3.8, 4) is 11.4 Å². The van der Waals surface area contributed by atoms with E-state index in [0.29, 0.717) is 5.89 Å². The Morgan fingerprint density at radius 1 is 1.10 bits per heavy atom. The largest absolute Gasteiger partial charge is 0.372 e. The number of anilines is 1. The molecule has 1 aromatic carbocycles. The minimum absolute atomic E-state index is 0.0127. The summed E-state index contributed by atoms with van der Waals surface area (Å²) in [7, 11) is 1.99. The molecule has 0 spiro atoms. The molecule has 0 aliphatic carbocycles. The van der Waals surface area contributed by atoms with E-state index in [1.54, 1.807) is 11.8 Å². The number of unbranched alkanes of at least 4 members (excludes halogenated alkanes) is 1. The summed E-state index contributed by atoms with van der Waals surface area (Å²) in [6, 6.07) is 8.49. The second kappa shape index (κ2) is 9.91. The molecular formula is C21H30N6OS. The number of hydrogen-bond acceptors (Lipinski definition) is 7. The predicted molar refractivity (Wildman–Crippen MR) is 117 cm³/mol. The van der Waals surface area contributed by atoms with Gasteiger partial charge in [0.15, 0.2) is 16.8 Å². The van der Waals surface area contributed by atoms with E-state index in [4.69, 9.17) is 4.52 Å². The van der Waals surface area contributed by atoms with Crippen molar-refractivity contribution >= 4 is 17.4 Å². The van der Waals surface area contributed by atoms with Gasteiger partial charge in [0.05, 0.1) is 5.25 Å². The van der Waals surface area contributed by atoms with Crippen molar-refractivity contribution in [3.05, 3.63) is 36.0 Å². The second-order valence-corrected chi connectivity index (χ2v) is 8.30. The van der Waals surface area contributed by atoms with Crippen molar-refractivity contribution in [3.63, 3.8) is 0 Å². The minimum Gasteiger partial charge on any atom is -0.372 e. The van der Waals surface area contributed by atoms with Gasteiger partial charge in [0.1, 0.15) is 0 Å². The average Bonchev–Trinajstić information content (AvgIpc) is 3.35. The predicted octanol–water partition coefficient (Wildman–Crippen LogP) is 4.91. The van der Waals surface area contributed by atoms with Crippen LogP contribution in [0.1, 0.15) is 57.5 Å². The molecule has 0 saturated heterocycles. The van der Waals surface area contributed by atoms with Crippen LogP contribution in [0.3, 0.4) is 0 Å². The normalized spacial score (nSPS) is 12.3. The van der Waals surface area contributed by atoms with Crippen molar-refractivity contribution < 1.29 is 4.52 Å². The number of aromatic nitrogens is 5. The summed E-state index contributed by atoms with van der Waals surface area (Å²) < 4.78 is 7.46. The van der Waals surface area contributed by atoms with Crippen LogP contribution < -0.4 is 4.90 Å². The maximum atomic E-state index is 5.44. The van der Waals surface area contributed by atoms with Crippen LogP contribution in [0.25, 0.3) is 11.4 Å². The van der Waals surface area contributed by atoms with Crippen molar-refractivity contribution in [2.45, 2.75) is 57.4 Å². The Morgan fingerprint density at radius 2 is 1.83 bits per heavy atom. The molecule has 3 aromatic rings. The molecule has 0 aliphatic heterocycles. The highest BCUT2D eigenvalue weighted by Gasteiger charge is 2.20. The van der Waals surface area contributed by atoms with E-state index in [2.05, 4.69) is 77.2 Å². The average molecular weight is 415 g/mol. The lowest BCUT2D eigenvalue weighted by Gasteiger charge is -2.21. The number of nitrogens with zero attached hydrogens (tertiary/aromatic N) is 6. The lowest BCUT2D eigenvalue weighted by Crippen LogP contribution is -2.21.